The second kappa shape index (κ2) is 9.53. The summed E-state index contributed by atoms with van der Waals surface area (Å²) in [5, 5.41) is 1.86. The van der Waals surface area contributed by atoms with Gasteiger partial charge in [-0.15, -0.1) is 0 Å². The lowest BCUT2D eigenvalue weighted by Crippen LogP contribution is -2.25. The summed E-state index contributed by atoms with van der Waals surface area (Å²) in [7, 11) is -11.4. The number of benzene rings is 2. The van der Waals surface area contributed by atoms with Crippen molar-refractivity contribution in [2.24, 2.45) is 0 Å². The van der Waals surface area contributed by atoms with Crippen molar-refractivity contribution in [1.82, 2.24) is 0 Å². The maximum atomic E-state index is 12.3. The molecule has 1 heterocycles. The molecule has 13 heteroatoms. The Hall–Kier alpha value is -1.54. The minimum absolute atomic E-state index is 0.152. The second-order valence-corrected chi connectivity index (χ2v) is 12.0. The highest BCUT2D eigenvalue weighted by atomic mass is 32.3. The molecular formula is C18H20F3NO6S3. The van der Waals surface area contributed by atoms with Crippen molar-refractivity contribution in [1.29, 1.82) is 0 Å². The van der Waals surface area contributed by atoms with Crippen molar-refractivity contribution in [2.45, 2.75) is 29.7 Å². The standard InChI is InChI=1S/C18H20F3NO6S3/c19-18(20,21)30(23,24)22-31(25,26)28-11-10-27-16-8-9-17(29-12-4-1-5-13-29)15-7-3-2-6-14(15)16/h2-3,6-9H,1,4-5,10-13H2. The van der Waals surface area contributed by atoms with E-state index in [1.165, 1.54) is 24.2 Å². The third kappa shape index (κ3) is 6.04. The molecule has 0 radical (unpaired) electrons. The predicted octanol–water partition coefficient (Wildman–Crippen LogP) is 3.86. The fraction of sp³-hybridized carbons (Fsp3) is 0.444. The molecule has 2 aromatic carbocycles. The van der Waals surface area contributed by atoms with Gasteiger partial charge in [0.2, 0.25) is 10.3 Å². The van der Waals surface area contributed by atoms with Crippen LogP contribution in [0.4, 0.5) is 13.2 Å². The molecule has 0 N–H and O–H groups in total. The number of hydrogen-bond acceptors (Lipinski definition) is 6. The number of halogens is 3. The summed E-state index contributed by atoms with van der Waals surface area (Å²) in [5.41, 5.74) is -5.83. The van der Waals surface area contributed by atoms with Gasteiger partial charge in [0.15, 0.2) is 14.9 Å². The van der Waals surface area contributed by atoms with Crippen molar-refractivity contribution in [3.05, 3.63) is 40.5 Å². The van der Waals surface area contributed by atoms with Gasteiger partial charge in [-0.05, 0) is 37.5 Å². The molecule has 2 aromatic rings. The molecule has 1 aliphatic rings. The summed E-state index contributed by atoms with van der Waals surface area (Å²) in [6.45, 7) is -1.05. The first-order valence-electron chi connectivity index (χ1n) is 9.27. The number of fused-ring (bicyclic) bond motifs is 1. The van der Waals surface area contributed by atoms with Crippen LogP contribution in [0.3, 0.4) is 0 Å². The van der Waals surface area contributed by atoms with Crippen LogP contribution in [-0.4, -0.2) is 47.1 Å². The smallest absolute Gasteiger partial charge is 0.480 e. The maximum Gasteiger partial charge on any atom is 0.480 e. The van der Waals surface area contributed by atoms with Crippen molar-refractivity contribution in [2.75, 3.05) is 24.7 Å². The zero-order chi connectivity index (χ0) is 22.7. The van der Waals surface area contributed by atoms with E-state index in [1.807, 2.05) is 34.5 Å². The molecule has 0 bridgehead atoms. The first kappa shape index (κ1) is 24.1. The number of ether oxygens (including phenoxy) is 1. The fourth-order valence-corrected chi connectivity index (χ4v) is 7.40. The maximum absolute atomic E-state index is 12.3. The molecule has 1 saturated heterocycles. The average molecular weight is 500 g/mol. The van der Waals surface area contributed by atoms with Crippen molar-refractivity contribution in [3.8, 4) is 5.75 Å². The molecule has 0 unspecified atom stereocenters. The highest BCUT2D eigenvalue weighted by Gasteiger charge is 2.40. The molecule has 1 fully saturated rings. The van der Waals surface area contributed by atoms with E-state index in [0.29, 0.717) is 5.75 Å². The van der Waals surface area contributed by atoms with Gasteiger partial charge in [-0.25, -0.2) is 16.8 Å². The summed E-state index contributed by atoms with van der Waals surface area (Å²) in [5.74, 6) is 2.74. The molecule has 1 aliphatic heterocycles. The Morgan fingerprint density at radius 1 is 0.903 bits per heavy atom. The molecule has 0 spiro atoms. The molecule has 31 heavy (non-hydrogen) atoms. The highest BCUT2D eigenvalue weighted by molar-refractivity contribution is 8.10. The van der Waals surface area contributed by atoms with E-state index in [9.17, 15) is 30.0 Å². The van der Waals surface area contributed by atoms with Gasteiger partial charge < -0.3 is 8.86 Å². The zero-order valence-corrected chi connectivity index (χ0v) is 18.6. The minimum Gasteiger partial charge on any atom is -0.490 e. The molecule has 0 amide bonds. The van der Waals surface area contributed by atoms with Crippen LogP contribution in [0.1, 0.15) is 19.3 Å². The predicted molar refractivity (Wildman–Crippen MR) is 112 cm³/mol. The van der Waals surface area contributed by atoms with Gasteiger partial charge in [-0.3, -0.25) is 4.18 Å². The third-order valence-corrected chi connectivity index (χ3v) is 9.60. The Balaban J connectivity index is 1.65. The van der Waals surface area contributed by atoms with E-state index in [1.54, 1.807) is 6.07 Å². The highest BCUT2D eigenvalue weighted by Crippen LogP contribution is 2.34. The van der Waals surface area contributed by atoms with Gasteiger partial charge in [-0.1, -0.05) is 18.2 Å². The van der Waals surface area contributed by atoms with Crippen LogP contribution in [0.15, 0.2) is 41.3 Å². The Kier molecular flexibility index (Phi) is 7.41. The number of alkyl halides is 3. The van der Waals surface area contributed by atoms with Crippen LogP contribution in [-0.2, 0) is 35.4 Å². The van der Waals surface area contributed by atoms with Crippen LogP contribution in [0, 0.1) is 0 Å². The molecule has 0 saturated carbocycles. The van der Waals surface area contributed by atoms with E-state index >= 15 is 0 Å². The normalized spacial score (nSPS) is 16.5. The SMILES string of the molecule is O=S(=O)([N-]S(=O)(=O)C(F)(F)F)OCCOc1ccc([S+]2CCCCC2)c2ccccc12. The molecule has 0 aromatic heterocycles. The van der Waals surface area contributed by atoms with E-state index in [2.05, 4.69) is 4.18 Å². The first-order chi connectivity index (χ1) is 14.5. The Labute approximate surface area is 181 Å². The average Bonchev–Trinajstić information content (AvgIpc) is 2.70. The topological polar surface area (TPSA) is 101 Å². The molecule has 0 atom stereocenters. The van der Waals surface area contributed by atoms with Gasteiger partial charge in [0, 0.05) is 21.7 Å². The fourth-order valence-electron chi connectivity index (χ4n) is 3.15. The number of hydrogen-bond donors (Lipinski definition) is 0. The quantitative estimate of drug-likeness (QED) is 0.404. The van der Waals surface area contributed by atoms with Crippen LogP contribution in [0.25, 0.3) is 14.9 Å². The first-order valence-corrected chi connectivity index (χ1v) is 13.6. The lowest BCUT2D eigenvalue weighted by atomic mass is 10.1. The van der Waals surface area contributed by atoms with Crippen molar-refractivity contribution >= 4 is 42.0 Å². The van der Waals surface area contributed by atoms with Gasteiger partial charge in [0.05, 0.1) is 6.61 Å². The van der Waals surface area contributed by atoms with E-state index in [-0.39, 0.29) is 17.5 Å². The number of rotatable bonds is 8. The molecule has 7 nitrogen and oxygen atoms in total. The monoisotopic (exact) mass is 499 g/mol. The van der Waals surface area contributed by atoms with E-state index in [4.69, 9.17) is 4.74 Å². The molecular weight excluding hydrogens is 479 g/mol. The summed E-state index contributed by atoms with van der Waals surface area (Å²) >= 11 is 0. The summed E-state index contributed by atoms with van der Waals surface area (Å²) < 4.78 is 92.9. The van der Waals surface area contributed by atoms with Crippen molar-refractivity contribution < 1.29 is 38.9 Å². The van der Waals surface area contributed by atoms with Gasteiger partial charge in [0.1, 0.15) is 23.9 Å². The Morgan fingerprint density at radius 2 is 1.55 bits per heavy atom. The summed E-state index contributed by atoms with van der Waals surface area (Å²) in [6.07, 6.45) is 3.62. The molecule has 3 rings (SSSR count). The summed E-state index contributed by atoms with van der Waals surface area (Å²) in [4.78, 5) is 1.25. The molecule has 172 valence electrons. The van der Waals surface area contributed by atoms with Crippen LogP contribution in [0.5, 0.6) is 5.75 Å². The number of nitrogens with zero attached hydrogens (tertiary/aromatic N) is 1. The van der Waals surface area contributed by atoms with E-state index in [0.717, 1.165) is 22.3 Å². The zero-order valence-electron chi connectivity index (χ0n) is 16.2. The van der Waals surface area contributed by atoms with Crippen LogP contribution >= 0.6 is 0 Å². The van der Waals surface area contributed by atoms with Crippen LogP contribution < -0.4 is 4.74 Å². The van der Waals surface area contributed by atoms with Crippen LogP contribution in [0.2, 0.25) is 0 Å². The Bertz CT molecular complexity index is 1130. The van der Waals surface area contributed by atoms with Gasteiger partial charge in [-0.2, -0.15) is 13.2 Å². The van der Waals surface area contributed by atoms with Gasteiger partial charge >= 0.3 is 5.51 Å². The third-order valence-electron chi connectivity index (χ3n) is 4.49. The lowest BCUT2D eigenvalue weighted by molar-refractivity contribution is -0.0425. The largest absolute Gasteiger partial charge is 0.490 e. The molecule has 0 aliphatic carbocycles. The second-order valence-electron chi connectivity index (χ2n) is 6.66. The lowest BCUT2D eigenvalue weighted by Gasteiger charge is -2.21. The number of sulfonamides is 1. The van der Waals surface area contributed by atoms with Gasteiger partial charge in [0.25, 0.3) is 0 Å². The Morgan fingerprint density at radius 3 is 2.19 bits per heavy atom. The summed E-state index contributed by atoms with van der Waals surface area (Å²) in [6, 6.07) is 11.4. The minimum atomic E-state index is -6.22. The van der Waals surface area contributed by atoms with Crippen molar-refractivity contribution in [3.63, 3.8) is 0 Å². The van der Waals surface area contributed by atoms with E-state index < -0.39 is 32.4 Å².